The van der Waals surface area contributed by atoms with Gasteiger partial charge in [0.1, 0.15) is 24.1 Å². The molecule has 0 N–H and O–H groups in total. The lowest BCUT2D eigenvalue weighted by atomic mass is 10.2. The fourth-order valence-corrected chi connectivity index (χ4v) is 1.50. The number of rotatable bonds is 6. The molecule has 2 rings (SSSR count). The van der Waals surface area contributed by atoms with Crippen molar-refractivity contribution in [3.8, 4) is 11.5 Å². The normalized spacial score (nSPS) is 9.81. The molecule has 0 aliphatic carbocycles. The van der Waals surface area contributed by atoms with Crippen molar-refractivity contribution in [2.45, 2.75) is 0 Å². The van der Waals surface area contributed by atoms with E-state index in [1.165, 1.54) is 24.3 Å². The fraction of sp³-hybridized carbons (Fsp3) is 0. The molecule has 0 aromatic heterocycles. The molecule has 2 aromatic carbocycles. The summed E-state index contributed by atoms with van der Waals surface area (Å²) in [6, 6.07) is 7.19. The average Bonchev–Trinajstić information content (AvgIpc) is 2.50. The van der Waals surface area contributed by atoms with Crippen LogP contribution in [0.1, 0.15) is 20.7 Å². The third-order valence-electron chi connectivity index (χ3n) is 2.53. The van der Waals surface area contributed by atoms with Crippen LogP contribution in [0.2, 0.25) is 0 Å². The monoisotopic (exact) mass is 289 g/mol. The first-order valence-corrected chi connectivity index (χ1v) is 5.78. The number of hydrogen-bond donors (Lipinski definition) is 0. The van der Waals surface area contributed by atoms with Crippen LogP contribution in [0.3, 0.4) is 0 Å². The first-order valence-electron chi connectivity index (χ1n) is 5.78. The number of carbonyl (C=O) groups excluding carboxylic acids is 2. The fourth-order valence-electron chi connectivity index (χ4n) is 1.50. The Morgan fingerprint density at radius 3 is 1.57 bits per heavy atom. The first kappa shape index (κ1) is 14.7. The SMILES string of the molecule is O=Cc1ccc(O[B]Oc2ccc(C=O)cc2F)c(F)c1. The van der Waals surface area contributed by atoms with Crippen LogP contribution >= 0.6 is 0 Å². The lowest BCUT2D eigenvalue weighted by Crippen LogP contribution is -2.12. The van der Waals surface area contributed by atoms with Gasteiger partial charge >= 0.3 is 7.69 Å². The van der Waals surface area contributed by atoms with Gasteiger partial charge in [0.2, 0.25) is 0 Å². The molecule has 105 valence electrons. The summed E-state index contributed by atoms with van der Waals surface area (Å²) in [5, 5.41) is 0. The summed E-state index contributed by atoms with van der Waals surface area (Å²) in [6.45, 7) is 0. The third kappa shape index (κ3) is 3.65. The van der Waals surface area contributed by atoms with E-state index in [0.717, 1.165) is 19.8 Å². The molecular weight excluding hydrogens is 281 g/mol. The third-order valence-corrected chi connectivity index (χ3v) is 2.53. The summed E-state index contributed by atoms with van der Waals surface area (Å²) in [5.41, 5.74) is 0.326. The van der Waals surface area contributed by atoms with E-state index in [2.05, 4.69) is 0 Å². The molecule has 0 saturated carbocycles. The van der Waals surface area contributed by atoms with Crippen molar-refractivity contribution in [1.82, 2.24) is 0 Å². The Morgan fingerprint density at radius 1 is 0.810 bits per heavy atom. The molecule has 0 fully saturated rings. The van der Waals surface area contributed by atoms with Gasteiger partial charge in [-0.15, -0.1) is 0 Å². The molecule has 0 unspecified atom stereocenters. The van der Waals surface area contributed by atoms with Crippen LogP contribution in [-0.4, -0.2) is 20.3 Å². The van der Waals surface area contributed by atoms with Gasteiger partial charge in [-0.2, -0.15) is 0 Å². The van der Waals surface area contributed by atoms with Crippen LogP contribution in [-0.2, 0) is 0 Å². The Balaban J connectivity index is 1.98. The Labute approximate surface area is 119 Å². The molecule has 0 aliphatic heterocycles. The van der Waals surface area contributed by atoms with E-state index < -0.39 is 11.6 Å². The summed E-state index contributed by atoms with van der Waals surface area (Å²) in [6.07, 6.45) is 0.994. The van der Waals surface area contributed by atoms with Gasteiger partial charge in [0.25, 0.3) is 0 Å². The van der Waals surface area contributed by atoms with Gasteiger partial charge in [0.15, 0.2) is 11.6 Å². The van der Waals surface area contributed by atoms with Gasteiger partial charge in [0.05, 0.1) is 0 Å². The molecule has 0 bridgehead atoms. The van der Waals surface area contributed by atoms with Gasteiger partial charge in [-0.1, -0.05) is 0 Å². The van der Waals surface area contributed by atoms with Gasteiger partial charge < -0.3 is 9.31 Å². The number of carbonyl (C=O) groups is 2. The Morgan fingerprint density at radius 2 is 1.24 bits per heavy atom. The van der Waals surface area contributed by atoms with E-state index >= 15 is 0 Å². The molecule has 0 atom stereocenters. The molecule has 0 amide bonds. The molecule has 2 aromatic rings. The Hall–Kier alpha value is -2.70. The molecule has 0 spiro atoms. The highest BCUT2D eigenvalue weighted by Gasteiger charge is 2.10. The molecule has 1 radical (unpaired) electrons. The van der Waals surface area contributed by atoms with E-state index in [0.29, 0.717) is 12.6 Å². The smallest absolute Gasteiger partial charge is 0.524 e. The predicted octanol–water partition coefficient (Wildman–Crippen LogP) is 2.58. The van der Waals surface area contributed by atoms with E-state index in [4.69, 9.17) is 9.31 Å². The highest BCUT2D eigenvalue weighted by Crippen LogP contribution is 2.19. The number of benzene rings is 2. The quantitative estimate of drug-likeness (QED) is 0.606. The second kappa shape index (κ2) is 6.65. The minimum absolute atomic E-state index is 0.163. The molecule has 0 saturated heterocycles. The summed E-state index contributed by atoms with van der Waals surface area (Å²) >= 11 is 0. The molecule has 0 heterocycles. The van der Waals surface area contributed by atoms with Crippen molar-refractivity contribution in [3.63, 3.8) is 0 Å². The Kier molecular flexibility index (Phi) is 4.66. The van der Waals surface area contributed by atoms with E-state index in [9.17, 15) is 18.4 Å². The topological polar surface area (TPSA) is 52.6 Å². The molecule has 4 nitrogen and oxygen atoms in total. The first-order chi connectivity index (χ1) is 10.1. The number of halogens is 2. The van der Waals surface area contributed by atoms with Crippen molar-refractivity contribution in [1.29, 1.82) is 0 Å². The highest BCUT2D eigenvalue weighted by molar-refractivity contribution is 6.20. The molecular formula is C14H8BF2O4. The minimum atomic E-state index is -0.753. The maximum absolute atomic E-state index is 13.5. The van der Waals surface area contributed by atoms with Crippen LogP contribution in [0.4, 0.5) is 8.78 Å². The maximum atomic E-state index is 13.5. The minimum Gasteiger partial charge on any atom is -0.524 e. The predicted molar refractivity (Wildman–Crippen MR) is 70.6 cm³/mol. The zero-order chi connectivity index (χ0) is 15.2. The van der Waals surface area contributed by atoms with E-state index in [1.54, 1.807) is 0 Å². The van der Waals surface area contributed by atoms with Gasteiger partial charge in [-0.25, -0.2) is 8.78 Å². The van der Waals surface area contributed by atoms with Crippen molar-refractivity contribution in [2.75, 3.05) is 0 Å². The second-order valence-electron chi connectivity index (χ2n) is 3.95. The van der Waals surface area contributed by atoms with E-state index in [1.807, 2.05) is 0 Å². The van der Waals surface area contributed by atoms with Crippen LogP contribution in [0, 0.1) is 11.6 Å². The summed E-state index contributed by atoms with van der Waals surface area (Å²) in [7, 11) is 0.748. The van der Waals surface area contributed by atoms with Crippen molar-refractivity contribution in [2.24, 2.45) is 0 Å². The van der Waals surface area contributed by atoms with Crippen LogP contribution in [0.5, 0.6) is 11.5 Å². The maximum Gasteiger partial charge on any atom is 0.658 e. The molecule has 21 heavy (non-hydrogen) atoms. The van der Waals surface area contributed by atoms with Crippen LogP contribution in [0.15, 0.2) is 36.4 Å². The van der Waals surface area contributed by atoms with E-state index in [-0.39, 0.29) is 22.6 Å². The van der Waals surface area contributed by atoms with Crippen LogP contribution in [0.25, 0.3) is 0 Å². The average molecular weight is 289 g/mol. The summed E-state index contributed by atoms with van der Waals surface area (Å²) < 4.78 is 36.7. The largest absolute Gasteiger partial charge is 0.658 e. The molecule has 0 aliphatic rings. The van der Waals surface area contributed by atoms with Crippen molar-refractivity contribution >= 4 is 20.3 Å². The number of aldehydes is 2. The lowest BCUT2D eigenvalue weighted by molar-refractivity contribution is 0.111. The Bertz CT molecular complexity index is 619. The standard InChI is InChI=1S/C14H8BF2O4/c16-11-5-9(7-18)1-3-13(11)20-15-21-14-4-2-10(8-19)6-12(14)17/h1-8H. The lowest BCUT2D eigenvalue weighted by Gasteiger charge is -2.08. The van der Waals surface area contributed by atoms with Crippen molar-refractivity contribution < 1.29 is 27.7 Å². The van der Waals surface area contributed by atoms with Crippen LogP contribution < -0.4 is 9.31 Å². The zero-order valence-electron chi connectivity index (χ0n) is 10.6. The van der Waals surface area contributed by atoms with Gasteiger partial charge in [0, 0.05) is 11.1 Å². The summed E-state index contributed by atoms with van der Waals surface area (Å²) in [4.78, 5) is 20.9. The van der Waals surface area contributed by atoms with Gasteiger partial charge in [-0.3, -0.25) is 9.59 Å². The molecule has 7 heteroatoms. The summed E-state index contributed by atoms with van der Waals surface area (Å²) in [5.74, 6) is -1.86. The second-order valence-corrected chi connectivity index (χ2v) is 3.95. The highest BCUT2D eigenvalue weighted by atomic mass is 19.1. The van der Waals surface area contributed by atoms with Gasteiger partial charge in [-0.05, 0) is 36.4 Å². The number of hydrogen-bond acceptors (Lipinski definition) is 4. The zero-order valence-corrected chi connectivity index (χ0v) is 10.6. The van der Waals surface area contributed by atoms with Crippen molar-refractivity contribution in [3.05, 3.63) is 59.2 Å².